The Morgan fingerprint density at radius 3 is 2.54 bits per heavy atom. The number of alkyl halides is 3. The molecule has 1 saturated heterocycles. The van der Waals surface area contributed by atoms with Gasteiger partial charge < -0.3 is 10.6 Å². The SMILES string of the molecule is CN1CCC(CC(F)(F)F)C(N)C1. The predicted octanol–water partition coefficient (Wildman–Crippen LogP) is 1.22. The molecule has 2 unspecified atom stereocenters. The van der Waals surface area contributed by atoms with Crippen LogP contribution in [0, 0.1) is 5.92 Å². The van der Waals surface area contributed by atoms with E-state index in [0.717, 1.165) is 0 Å². The topological polar surface area (TPSA) is 29.3 Å². The van der Waals surface area contributed by atoms with Crippen LogP contribution in [0.25, 0.3) is 0 Å². The van der Waals surface area contributed by atoms with Crippen LogP contribution in [0.4, 0.5) is 13.2 Å². The van der Waals surface area contributed by atoms with E-state index in [4.69, 9.17) is 5.73 Å². The van der Waals surface area contributed by atoms with Crippen molar-refractivity contribution in [3.8, 4) is 0 Å². The highest BCUT2D eigenvalue weighted by atomic mass is 19.4. The van der Waals surface area contributed by atoms with Gasteiger partial charge in [-0.2, -0.15) is 13.2 Å². The van der Waals surface area contributed by atoms with Gasteiger partial charge in [-0.05, 0) is 25.9 Å². The van der Waals surface area contributed by atoms with Crippen LogP contribution >= 0.6 is 0 Å². The summed E-state index contributed by atoms with van der Waals surface area (Å²) in [4.78, 5) is 1.97. The van der Waals surface area contributed by atoms with Crippen LogP contribution in [0.5, 0.6) is 0 Å². The van der Waals surface area contributed by atoms with Crippen LogP contribution in [0.3, 0.4) is 0 Å². The normalized spacial score (nSPS) is 32.1. The molecule has 0 aromatic rings. The smallest absolute Gasteiger partial charge is 0.326 e. The van der Waals surface area contributed by atoms with Crippen molar-refractivity contribution >= 4 is 0 Å². The highest BCUT2D eigenvalue weighted by molar-refractivity contribution is 4.83. The lowest BCUT2D eigenvalue weighted by molar-refractivity contribution is -0.148. The Morgan fingerprint density at radius 2 is 2.08 bits per heavy atom. The fraction of sp³-hybridized carbons (Fsp3) is 1.00. The van der Waals surface area contributed by atoms with Crippen LogP contribution < -0.4 is 5.73 Å². The molecule has 1 aliphatic heterocycles. The standard InChI is InChI=1S/C8H15F3N2/c1-13-3-2-6(7(12)5-13)4-8(9,10)11/h6-7H,2-5,12H2,1H3. The van der Waals surface area contributed by atoms with Crippen molar-refractivity contribution < 1.29 is 13.2 Å². The predicted molar refractivity (Wildman–Crippen MR) is 44.3 cm³/mol. The summed E-state index contributed by atoms with van der Waals surface area (Å²) >= 11 is 0. The average molecular weight is 196 g/mol. The van der Waals surface area contributed by atoms with E-state index in [1.54, 1.807) is 0 Å². The van der Waals surface area contributed by atoms with Gasteiger partial charge in [0.05, 0.1) is 0 Å². The third kappa shape index (κ3) is 3.52. The first kappa shape index (κ1) is 10.8. The second-order valence-electron chi connectivity index (χ2n) is 3.79. The second-order valence-corrected chi connectivity index (χ2v) is 3.79. The summed E-state index contributed by atoms with van der Waals surface area (Å²) in [6.07, 6.45) is -4.25. The van der Waals surface area contributed by atoms with E-state index in [1.165, 1.54) is 0 Å². The summed E-state index contributed by atoms with van der Waals surface area (Å²) < 4.78 is 36.1. The van der Waals surface area contributed by atoms with E-state index in [2.05, 4.69) is 0 Å². The maximum Gasteiger partial charge on any atom is 0.389 e. The number of likely N-dealkylation sites (N-methyl/N-ethyl adjacent to an activating group) is 1. The summed E-state index contributed by atoms with van der Waals surface area (Å²) in [6.45, 7) is 1.29. The minimum atomic E-state index is -4.07. The molecule has 2 N–H and O–H groups in total. The molecule has 5 heteroatoms. The fourth-order valence-electron chi connectivity index (χ4n) is 1.75. The van der Waals surface area contributed by atoms with E-state index in [-0.39, 0.29) is 6.04 Å². The van der Waals surface area contributed by atoms with Crippen LogP contribution in [0.1, 0.15) is 12.8 Å². The van der Waals surface area contributed by atoms with Crippen molar-refractivity contribution in [1.29, 1.82) is 0 Å². The van der Waals surface area contributed by atoms with E-state index < -0.39 is 18.5 Å². The number of likely N-dealkylation sites (tertiary alicyclic amines) is 1. The fourth-order valence-corrected chi connectivity index (χ4v) is 1.75. The number of hydrogen-bond donors (Lipinski definition) is 1. The molecule has 1 heterocycles. The lowest BCUT2D eigenvalue weighted by Gasteiger charge is -2.34. The van der Waals surface area contributed by atoms with Gasteiger partial charge in [0.25, 0.3) is 0 Å². The first-order chi connectivity index (χ1) is 5.88. The van der Waals surface area contributed by atoms with Crippen LogP contribution in [-0.4, -0.2) is 37.3 Å². The Morgan fingerprint density at radius 1 is 1.46 bits per heavy atom. The molecule has 2 nitrogen and oxygen atoms in total. The van der Waals surface area contributed by atoms with Gasteiger partial charge in [0.15, 0.2) is 0 Å². The molecule has 2 atom stereocenters. The minimum absolute atomic E-state index is 0.333. The Kier molecular flexibility index (Phi) is 3.18. The van der Waals surface area contributed by atoms with E-state index in [1.807, 2.05) is 11.9 Å². The van der Waals surface area contributed by atoms with Gasteiger partial charge in [-0.3, -0.25) is 0 Å². The van der Waals surface area contributed by atoms with Crippen molar-refractivity contribution in [3.05, 3.63) is 0 Å². The number of nitrogens with two attached hydrogens (primary N) is 1. The second kappa shape index (κ2) is 3.84. The zero-order valence-electron chi connectivity index (χ0n) is 7.64. The molecule has 1 fully saturated rings. The molecular weight excluding hydrogens is 181 g/mol. The van der Waals surface area contributed by atoms with E-state index >= 15 is 0 Å². The Bertz CT molecular complexity index is 169. The molecule has 13 heavy (non-hydrogen) atoms. The molecule has 0 aliphatic carbocycles. The number of nitrogens with zero attached hydrogens (tertiary/aromatic N) is 1. The van der Waals surface area contributed by atoms with Gasteiger partial charge in [-0.1, -0.05) is 0 Å². The molecule has 1 rings (SSSR count). The average Bonchev–Trinajstić information content (AvgIpc) is 1.93. The molecule has 0 aromatic carbocycles. The Labute approximate surface area is 75.9 Å². The zero-order valence-corrected chi connectivity index (χ0v) is 7.64. The zero-order chi connectivity index (χ0) is 10.1. The van der Waals surface area contributed by atoms with E-state index in [0.29, 0.717) is 19.5 Å². The monoisotopic (exact) mass is 196 g/mol. The summed E-state index contributed by atoms with van der Waals surface area (Å²) in [5.74, 6) is -0.392. The maximum atomic E-state index is 12.0. The maximum absolute atomic E-state index is 12.0. The van der Waals surface area contributed by atoms with E-state index in [9.17, 15) is 13.2 Å². The number of rotatable bonds is 1. The first-order valence-electron chi connectivity index (χ1n) is 4.39. The molecule has 0 aromatic heterocycles. The third-order valence-corrected chi connectivity index (χ3v) is 2.50. The van der Waals surface area contributed by atoms with Crippen molar-refractivity contribution in [2.45, 2.75) is 25.1 Å². The largest absolute Gasteiger partial charge is 0.389 e. The molecule has 1 aliphatic rings. The van der Waals surface area contributed by atoms with Gasteiger partial charge in [0.2, 0.25) is 0 Å². The molecule has 0 bridgehead atoms. The van der Waals surface area contributed by atoms with Crippen molar-refractivity contribution in [2.75, 3.05) is 20.1 Å². The van der Waals surface area contributed by atoms with Gasteiger partial charge in [0.1, 0.15) is 0 Å². The number of halogens is 3. The molecule has 0 amide bonds. The summed E-state index contributed by atoms with van der Waals surface area (Å²) in [7, 11) is 1.88. The molecule has 0 saturated carbocycles. The van der Waals surface area contributed by atoms with Crippen LogP contribution in [-0.2, 0) is 0 Å². The lowest BCUT2D eigenvalue weighted by Crippen LogP contribution is -2.48. The van der Waals surface area contributed by atoms with Gasteiger partial charge in [-0.15, -0.1) is 0 Å². The highest BCUT2D eigenvalue weighted by Crippen LogP contribution is 2.29. The van der Waals surface area contributed by atoms with Gasteiger partial charge in [-0.25, -0.2) is 0 Å². The quantitative estimate of drug-likeness (QED) is 0.683. The van der Waals surface area contributed by atoms with Crippen molar-refractivity contribution in [2.24, 2.45) is 11.7 Å². The number of piperidine rings is 1. The third-order valence-electron chi connectivity index (χ3n) is 2.50. The molecule has 78 valence electrons. The highest BCUT2D eigenvalue weighted by Gasteiger charge is 2.36. The summed E-state index contributed by atoms with van der Waals surface area (Å²) in [5, 5.41) is 0. The van der Waals surface area contributed by atoms with Gasteiger partial charge in [0, 0.05) is 19.0 Å². The Hall–Kier alpha value is -0.290. The van der Waals surface area contributed by atoms with Crippen molar-refractivity contribution in [1.82, 2.24) is 4.90 Å². The van der Waals surface area contributed by atoms with Crippen LogP contribution in [0.15, 0.2) is 0 Å². The molecular formula is C8H15F3N2. The molecule has 0 radical (unpaired) electrons. The molecule has 0 spiro atoms. The summed E-state index contributed by atoms with van der Waals surface area (Å²) in [5.41, 5.74) is 5.63. The van der Waals surface area contributed by atoms with Crippen molar-refractivity contribution in [3.63, 3.8) is 0 Å². The van der Waals surface area contributed by atoms with Gasteiger partial charge >= 0.3 is 6.18 Å². The minimum Gasteiger partial charge on any atom is -0.326 e. The summed E-state index contributed by atoms with van der Waals surface area (Å²) in [6, 6.07) is -0.333. The first-order valence-corrected chi connectivity index (χ1v) is 4.39. The number of hydrogen-bond acceptors (Lipinski definition) is 2. The lowest BCUT2D eigenvalue weighted by atomic mass is 9.89. The van der Waals surface area contributed by atoms with Crippen LogP contribution in [0.2, 0.25) is 0 Å². The Balaban J connectivity index is 2.43.